The maximum Gasteiger partial charge on any atom is 0.437 e. The fraction of sp³-hybridized carbons (Fsp3) is 0.350. The van der Waals surface area contributed by atoms with Crippen LogP contribution in [0.3, 0.4) is 0 Å². The van der Waals surface area contributed by atoms with Gasteiger partial charge in [0.2, 0.25) is 11.8 Å². The molecule has 21 nitrogen and oxygen atoms in total. The van der Waals surface area contributed by atoms with Gasteiger partial charge < -0.3 is 32.5 Å². The zero-order chi connectivity index (χ0) is 45.9. The molecule has 2 fully saturated rings. The van der Waals surface area contributed by atoms with E-state index in [2.05, 4.69) is 44.7 Å². The number of nitrogens with zero attached hydrogens (tertiary/aromatic N) is 11. The van der Waals surface area contributed by atoms with Crippen molar-refractivity contribution in [2.45, 2.75) is 76.0 Å². The molecule has 65 heavy (non-hydrogen) atoms. The van der Waals surface area contributed by atoms with E-state index in [0.717, 1.165) is 24.0 Å². The van der Waals surface area contributed by atoms with E-state index in [0.29, 0.717) is 41.1 Å². The number of rotatable bonds is 11. The zero-order valence-corrected chi connectivity index (χ0v) is 34.3. The third kappa shape index (κ3) is 9.93. The highest BCUT2D eigenvalue weighted by atomic mass is 19.3. The fourth-order valence-corrected chi connectivity index (χ4v) is 7.37. The molecule has 6 aromatic heterocycles. The molecular weight excluding hydrogens is 869 g/mol. The quantitative estimate of drug-likeness (QED) is 0.177. The number of aliphatic hydroxyl groups excluding tert-OH is 1. The summed E-state index contributed by atoms with van der Waals surface area (Å²) >= 11 is 0. The van der Waals surface area contributed by atoms with E-state index in [1.165, 1.54) is 63.4 Å². The van der Waals surface area contributed by atoms with Crippen LogP contribution in [0.25, 0.3) is 22.3 Å². The number of fused-ring (bicyclic) bond motifs is 2. The lowest BCUT2D eigenvalue weighted by Gasteiger charge is -2.34. The van der Waals surface area contributed by atoms with E-state index >= 15 is 0 Å². The highest BCUT2D eigenvalue weighted by Gasteiger charge is 2.34. The number of ether oxygens (including phenoxy) is 2. The van der Waals surface area contributed by atoms with Crippen molar-refractivity contribution in [3.63, 3.8) is 0 Å². The zero-order valence-electron chi connectivity index (χ0n) is 34.3. The van der Waals surface area contributed by atoms with Crippen molar-refractivity contribution in [2.24, 2.45) is 14.1 Å². The summed E-state index contributed by atoms with van der Waals surface area (Å²) in [7, 11) is 3.40. The monoisotopic (exact) mass is 906 g/mol. The van der Waals surface area contributed by atoms with Crippen LogP contribution in [0.15, 0.2) is 102 Å². The number of H-pyrrole nitrogens is 1. The Morgan fingerprint density at radius 3 is 1.58 bits per heavy atom. The first kappa shape index (κ1) is 43.9. The van der Waals surface area contributed by atoms with Gasteiger partial charge in [-0.25, -0.2) is 34.6 Å². The molecule has 6 heterocycles. The third-order valence-electron chi connectivity index (χ3n) is 10.8. The van der Waals surface area contributed by atoms with Crippen molar-refractivity contribution < 1.29 is 41.0 Å². The first-order valence-corrected chi connectivity index (χ1v) is 19.8. The molecule has 0 bridgehead atoms. The summed E-state index contributed by atoms with van der Waals surface area (Å²) in [6.45, 7) is -5.64. The molecule has 0 unspecified atom stereocenters. The van der Waals surface area contributed by atoms with Crippen molar-refractivity contribution >= 4 is 22.3 Å². The molecule has 2 aliphatic carbocycles. The van der Waals surface area contributed by atoms with Gasteiger partial charge in [-0.1, -0.05) is 24.3 Å². The van der Waals surface area contributed by atoms with Gasteiger partial charge in [-0.15, -0.1) is 10.2 Å². The molecule has 0 radical (unpaired) electrons. The largest absolute Gasteiger partial charge is 0.437 e. The molecule has 0 saturated heterocycles. The Morgan fingerprint density at radius 2 is 1.14 bits per heavy atom. The topological polar surface area (TPSA) is 251 Å². The van der Waals surface area contributed by atoms with Crippen molar-refractivity contribution in [1.82, 2.24) is 58.2 Å². The molecular formula is C40H38F4N12O9. The van der Waals surface area contributed by atoms with Gasteiger partial charge in [-0.05, 0) is 72.9 Å². The minimum absolute atomic E-state index is 0.0308. The van der Waals surface area contributed by atoms with Crippen molar-refractivity contribution in [3.05, 3.63) is 139 Å². The van der Waals surface area contributed by atoms with Gasteiger partial charge >= 0.3 is 24.7 Å². The van der Waals surface area contributed by atoms with Crippen LogP contribution in [0.1, 0.15) is 66.5 Å². The predicted molar refractivity (Wildman–Crippen MR) is 217 cm³/mol. The Hall–Kier alpha value is -7.70. The van der Waals surface area contributed by atoms with Gasteiger partial charge in [0.15, 0.2) is 22.3 Å². The number of aromatic nitrogens is 12. The highest BCUT2D eigenvalue weighted by Crippen LogP contribution is 2.44. The molecule has 0 spiro atoms. The molecule has 2 aromatic carbocycles. The molecule has 25 heteroatoms. The Kier molecular flexibility index (Phi) is 12.5. The lowest BCUT2D eigenvalue weighted by molar-refractivity contribution is -0.0505. The number of benzene rings is 2. The number of imidazole rings is 2. The van der Waals surface area contributed by atoms with Gasteiger partial charge in [0.1, 0.15) is 37.2 Å². The number of alkyl halides is 4. The second-order valence-electron chi connectivity index (χ2n) is 15.2. The molecule has 2 saturated carbocycles. The molecule has 2 aliphatic rings. The summed E-state index contributed by atoms with van der Waals surface area (Å²) in [6.07, 6.45) is 8.33. The lowest BCUT2D eigenvalue weighted by Crippen LogP contribution is -2.31. The summed E-state index contributed by atoms with van der Waals surface area (Å²) in [5, 5.41) is 19.1. The smallest absolute Gasteiger partial charge is 0.435 e. The lowest BCUT2D eigenvalue weighted by atomic mass is 9.76. The maximum atomic E-state index is 12.6. The number of aryl methyl sites for hydroxylation is 2. The van der Waals surface area contributed by atoms with E-state index in [4.69, 9.17) is 13.9 Å². The summed E-state index contributed by atoms with van der Waals surface area (Å²) in [6, 6.07) is 12.9. The second-order valence-corrected chi connectivity index (χ2v) is 15.2. The van der Waals surface area contributed by atoms with Crippen LogP contribution in [0, 0.1) is 0 Å². The number of hydrogen-bond donors (Lipinski definition) is 2. The van der Waals surface area contributed by atoms with E-state index in [9.17, 15) is 36.7 Å². The SMILES string of the molecule is Cn1cnc2ncn(Cc3n[nH]c(=O)o3)c(=O)c21.Cn1cnc2ncn(Cc3nn(C4CC(c5ccc(OC(F)F)cc5)C4)c(=O)o3)c(=O)c21.OC1CC(c2ccc(OC(F)F)cc2)C1. The average molecular weight is 907 g/mol. The predicted octanol–water partition coefficient (Wildman–Crippen LogP) is 3.43. The van der Waals surface area contributed by atoms with Gasteiger partial charge in [0.25, 0.3) is 11.1 Å². The summed E-state index contributed by atoms with van der Waals surface area (Å²) in [5.41, 5.74) is 2.92. The van der Waals surface area contributed by atoms with Crippen LogP contribution in [0.2, 0.25) is 0 Å². The molecule has 0 amide bonds. The van der Waals surface area contributed by atoms with Crippen molar-refractivity contribution in [3.8, 4) is 11.5 Å². The molecule has 8 aromatic rings. The standard InChI is InChI=1S/C20H18F2N6O4.C11H12F2O2.C9H8N6O3/c1-26-9-23-17-16(26)18(29)27(10-24-17)8-15-25-28(20(30)32-15)13-6-12(7-13)11-2-4-14(5-3-11)31-19(21)22;12-11(13)15-10-3-1-7(2-4-10)8-5-9(14)6-8;1-14-3-10-7-6(14)8(16)15(4-11-7)2-5-12-13-9(17)18-5/h2-5,9-10,12-13,19H,6-8H2,1H3;1-4,8-9,11,14H,5-6H2;3-4H,2H2,1H3,(H,13,17). The average Bonchev–Trinajstić information content (AvgIpc) is 4.03. The summed E-state index contributed by atoms with van der Waals surface area (Å²) < 4.78 is 73.9. The Balaban J connectivity index is 0.000000147. The highest BCUT2D eigenvalue weighted by molar-refractivity contribution is 5.69. The molecule has 0 atom stereocenters. The second kappa shape index (κ2) is 18.6. The number of halogens is 4. The van der Waals surface area contributed by atoms with Gasteiger partial charge in [-0.2, -0.15) is 22.2 Å². The Bertz CT molecular complexity index is 3140. The first-order chi connectivity index (χ1) is 31.2. The molecule has 2 N–H and O–H groups in total. The summed E-state index contributed by atoms with van der Waals surface area (Å²) in [4.78, 5) is 64.1. The van der Waals surface area contributed by atoms with Crippen LogP contribution in [0.4, 0.5) is 17.6 Å². The van der Waals surface area contributed by atoms with Crippen LogP contribution in [-0.2, 0) is 27.2 Å². The Labute approximate surface area is 361 Å². The Morgan fingerprint density at radius 1 is 0.677 bits per heavy atom. The van der Waals surface area contributed by atoms with Crippen molar-refractivity contribution in [1.29, 1.82) is 0 Å². The molecule has 340 valence electrons. The van der Waals surface area contributed by atoms with E-state index in [1.54, 1.807) is 47.5 Å². The van der Waals surface area contributed by atoms with Gasteiger partial charge in [-0.3, -0.25) is 18.7 Å². The molecule has 0 aliphatic heterocycles. The minimum Gasteiger partial charge on any atom is -0.435 e. The molecule has 10 rings (SSSR count). The number of aliphatic hydroxyl groups is 1. The minimum atomic E-state index is -2.86. The van der Waals surface area contributed by atoms with Crippen LogP contribution < -0.4 is 32.1 Å². The normalized spacial score (nSPS) is 17.9. The van der Waals surface area contributed by atoms with Crippen LogP contribution in [0.5, 0.6) is 11.5 Å². The van der Waals surface area contributed by atoms with Crippen LogP contribution in [-0.4, -0.2) is 82.6 Å². The van der Waals surface area contributed by atoms with Crippen LogP contribution >= 0.6 is 0 Å². The van der Waals surface area contributed by atoms with Gasteiger partial charge in [0, 0.05) is 14.1 Å². The fourth-order valence-electron chi connectivity index (χ4n) is 7.37. The van der Waals surface area contributed by atoms with Crippen molar-refractivity contribution in [2.75, 3.05) is 0 Å². The number of hydrogen-bond acceptors (Lipinski definition) is 15. The third-order valence-corrected chi connectivity index (χ3v) is 10.8. The maximum absolute atomic E-state index is 12.6. The van der Waals surface area contributed by atoms with E-state index in [1.807, 2.05) is 0 Å². The van der Waals surface area contributed by atoms with Gasteiger partial charge in [0.05, 0.1) is 24.8 Å². The first-order valence-electron chi connectivity index (χ1n) is 19.8. The van der Waals surface area contributed by atoms with E-state index in [-0.39, 0.29) is 65.6 Å². The van der Waals surface area contributed by atoms with E-state index < -0.39 is 24.7 Å². The summed E-state index contributed by atoms with van der Waals surface area (Å²) in [5.74, 6) is -0.214. The number of nitrogens with one attached hydrogen (secondary N) is 1. The number of aromatic amines is 1.